The molecule has 0 saturated carbocycles. The Morgan fingerprint density at radius 2 is 2.62 bits per heavy atom. The zero-order chi connectivity index (χ0) is 5.82. The van der Waals surface area contributed by atoms with E-state index in [1.54, 1.807) is 6.08 Å². The Kier molecular flexibility index (Phi) is 1.75. The third-order valence-corrected chi connectivity index (χ3v) is 1.00. The van der Waals surface area contributed by atoms with Crippen LogP contribution in [0, 0.1) is 5.53 Å². The van der Waals surface area contributed by atoms with Gasteiger partial charge in [-0.25, -0.2) is 5.53 Å². The smallest absolute Gasteiger partial charge is 0.186 e. The molecule has 1 atom stereocenters. The Hall–Kier alpha value is -0.700. The van der Waals surface area contributed by atoms with Crippen molar-refractivity contribution >= 4 is 0 Å². The number of nitrogens with one attached hydrogen (secondary N) is 1. The van der Waals surface area contributed by atoms with Gasteiger partial charge in [-0.1, -0.05) is 6.08 Å². The van der Waals surface area contributed by atoms with E-state index in [9.17, 15) is 0 Å². The van der Waals surface area contributed by atoms with Gasteiger partial charge >= 0.3 is 0 Å². The fraction of sp³-hybridized carbons (Fsp3) is 0.600. The fourth-order valence-corrected chi connectivity index (χ4v) is 0.605. The van der Waals surface area contributed by atoms with Crippen molar-refractivity contribution in [2.45, 2.75) is 12.6 Å². The van der Waals surface area contributed by atoms with E-state index in [1.165, 1.54) is 0 Å². The van der Waals surface area contributed by atoms with Crippen molar-refractivity contribution in [3.63, 3.8) is 0 Å². The van der Waals surface area contributed by atoms with Gasteiger partial charge in [-0.3, -0.25) is 0 Å². The van der Waals surface area contributed by atoms with Crippen LogP contribution in [0.5, 0.6) is 0 Å². The Bertz CT molecular complexity index is 111. The summed E-state index contributed by atoms with van der Waals surface area (Å²) in [5.74, 6) is 0. The van der Waals surface area contributed by atoms with Gasteiger partial charge in [0.2, 0.25) is 0 Å². The third-order valence-electron chi connectivity index (χ3n) is 1.00. The summed E-state index contributed by atoms with van der Waals surface area (Å²) in [6.45, 7) is 0.698. The van der Waals surface area contributed by atoms with Crippen molar-refractivity contribution in [3.8, 4) is 0 Å². The fourth-order valence-electron chi connectivity index (χ4n) is 0.605. The average molecular weight is 112 g/mol. The minimum Gasteiger partial charge on any atom is -0.351 e. The minimum absolute atomic E-state index is 0.302. The number of nitrogens with zero attached hydrogens (tertiary/aromatic N) is 1. The molecule has 0 aromatic rings. The molecule has 3 nitrogen and oxygen atoms in total. The second kappa shape index (κ2) is 2.57. The monoisotopic (exact) mass is 112 g/mol. The normalized spacial score (nSPS) is 27.8. The van der Waals surface area contributed by atoms with E-state index in [-0.39, 0.29) is 6.23 Å². The van der Waals surface area contributed by atoms with Crippen LogP contribution < -0.4 is 0 Å². The van der Waals surface area contributed by atoms with Crippen LogP contribution in [0.1, 0.15) is 6.42 Å². The summed E-state index contributed by atoms with van der Waals surface area (Å²) >= 11 is 0. The first-order valence-corrected chi connectivity index (χ1v) is 2.58. The van der Waals surface area contributed by atoms with Crippen LogP contribution >= 0.6 is 0 Å². The molecule has 0 aliphatic carbocycles. The highest BCUT2D eigenvalue weighted by Crippen LogP contribution is 2.03. The second-order valence-electron chi connectivity index (χ2n) is 1.61. The molecule has 1 rings (SSSR count). The molecule has 0 aromatic carbocycles. The van der Waals surface area contributed by atoms with Gasteiger partial charge in [-0.15, -0.1) is 0 Å². The zero-order valence-electron chi connectivity index (χ0n) is 4.50. The number of rotatable bonds is 1. The lowest BCUT2D eigenvalue weighted by molar-refractivity contribution is 0.0793. The van der Waals surface area contributed by atoms with Gasteiger partial charge in [0.15, 0.2) is 6.23 Å². The summed E-state index contributed by atoms with van der Waals surface area (Å²) in [5.41, 5.74) is 6.55. The van der Waals surface area contributed by atoms with Crippen LogP contribution in [-0.2, 0) is 4.74 Å². The lowest BCUT2D eigenvalue weighted by Crippen LogP contribution is -2.10. The molecule has 0 bridgehead atoms. The first kappa shape index (κ1) is 5.44. The maximum Gasteiger partial charge on any atom is 0.186 e. The second-order valence-corrected chi connectivity index (χ2v) is 1.61. The predicted molar refractivity (Wildman–Crippen MR) is 28.6 cm³/mol. The predicted octanol–water partition coefficient (Wildman–Crippen LogP) is 1.32. The highest BCUT2D eigenvalue weighted by atomic mass is 16.5. The van der Waals surface area contributed by atoms with E-state index in [0.717, 1.165) is 6.42 Å². The van der Waals surface area contributed by atoms with Crippen LogP contribution in [0.3, 0.4) is 0 Å². The summed E-state index contributed by atoms with van der Waals surface area (Å²) in [6.07, 6.45) is 4.41. The average Bonchev–Trinajstić information content (AvgIpc) is 1.90. The maximum absolute atomic E-state index is 6.55. The van der Waals surface area contributed by atoms with E-state index >= 15 is 0 Å². The Morgan fingerprint density at radius 1 is 1.75 bits per heavy atom. The van der Waals surface area contributed by atoms with Gasteiger partial charge in [-0.2, -0.15) is 5.11 Å². The molecular weight excluding hydrogens is 104 g/mol. The van der Waals surface area contributed by atoms with Crippen LogP contribution in [0.2, 0.25) is 0 Å². The SMILES string of the molecule is N=NC1C=CCCO1. The molecule has 0 saturated heterocycles. The molecule has 8 heavy (non-hydrogen) atoms. The van der Waals surface area contributed by atoms with Crippen molar-refractivity contribution in [2.24, 2.45) is 5.11 Å². The van der Waals surface area contributed by atoms with Gasteiger partial charge in [0, 0.05) is 0 Å². The molecular formula is C5H8N2O. The van der Waals surface area contributed by atoms with Crippen LogP contribution in [0.25, 0.3) is 0 Å². The number of hydrogen-bond donors (Lipinski definition) is 1. The molecule has 1 aliphatic heterocycles. The molecule has 3 heteroatoms. The molecule has 0 spiro atoms. The number of ether oxygens (including phenoxy) is 1. The Morgan fingerprint density at radius 3 is 3.00 bits per heavy atom. The summed E-state index contributed by atoms with van der Waals surface area (Å²) in [5, 5.41) is 3.19. The molecule has 0 aromatic heterocycles. The van der Waals surface area contributed by atoms with Gasteiger partial charge in [-0.05, 0) is 12.5 Å². The number of hydrogen-bond acceptors (Lipinski definition) is 3. The maximum atomic E-state index is 6.55. The summed E-state index contributed by atoms with van der Waals surface area (Å²) in [7, 11) is 0. The van der Waals surface area contributed by atoms with E-state index in [0.29, 0.717) is 6.61 Å². The van der Waals surface area contributed by atoms with E-state index in [1.807, 2.05) is 6.08 Å². The Labute approximate surface area is 47.9 Å². The molecule has 0 amide bonds. The van der Waals surface area contributed by atoms with Crippen LogP contribution in [-0.4, -0.2) is 12.8 Å². The van der Waals surface area contributed by atoms with E-state index < -0.39 is 0 Å². The quantitative estimate of drug-likeness (QED) is 0.403. The Balaban J connectivity index is 2.42. The summed E-state index contributed by atoms with van der Waals surface area (Å²) < 4.78 is 4.99. The largest absolute Gasteiger partial charge is 0.351 e. The van der Waals surface area contributed by atoms with E-state index in [2.05, 4.69) is 5.11 Å². The van der Waals surface area contributed by atoms with Gasteiger partial charge in [0.25, 0.3) is 0 Å². The van der Waals surface area contributed by atoms with Crippen molar-refractivity contribution in [2.75, 3.05) is 6.61 Å². The highest BCUT2D eigenvalue weighted by molar-refractivity contribution is 4.90. The molecule has 1 N–H and O–H groups in total. The summed E-state index contributed by atoms with van der Waals surface area (Å²) in [6, 6.07) is 0. The molecule has 0 fully saturated rings. The van der Waals surface area contributed by atoms with Gasteiger partial charge in [0.1, 0.15) is 0 Å². The molecule has 1 aliphatic rings. The zero-order valence-corrected chi connectivity index (χ0v) is 4.50. The lowest BCUT2D eigenvalue weighted by Gasteiger charge is -2.09. The molecule has 1 heterocycles. The highest BCUT2D eigenvalue weighted by Gasteiger charge is 2.03. The topological polar surface area (TPSA) is 45.4 Å². The standard InChI is InChI=1S/C5H8N2O/c6-7-5-3-1-2-4-8-5/h1,3,5-6H,2,4H2. The van der Waals surface area contributed by atoms with Crippen molar-refractivity contribution < 1.29 is 4.74 Å². The van der Waals surface area contributed by atoms with Gasteiger partial charge in [0.05, 0.1) is 6.61 Å². The van der Waals surface area contributed by atoms with Crippen molar-refractivity contribution in [1.82, 2.24) is 0 Å². The van der Waals surface area contributed by atoms with Crippen LogP contribution in [0.15, 0.2) is 17.3 Å². The summed E-state index contributed by atoms with van der Waals surface area (Å²) in [4.78, 5) is 0. The first-order chi connectivity index (χ1) is 3.93. The minimum atomic E-state index is -0.302. The van der Waals surface area contributed by atoms with E-state index in [4.69, 9.17) is 10.3 Å². The lowest BCUT2D eigenvalue weighted by atomic mass is 10.3. The molecule has 44 valence electrons. The van der Waals surface area contributed by atoms with Crippen LogP contribution in [0.4, 0.5) is 0 Å². The first-order valence-electron chi connectivity index (χ1n) is 2.58. The molecule has 0 radical (unpaired) electrons. The van der Waals surface area contributed by atoms with Crippen molar-refractivity contribution in [3.05, 3.63) is 12.2 Å². The molecule has 1 unspecified atom stereocenters. The van der Waals surface area contributed by atoms with Crippen molar-refractivity contribution in [1.29, 1.82) is 5.53 Å². The van der Waals surface area contributed by atoms with Gasteiger partial charge < -0.3 is 4.74 Å². The third kappa shape index (κ3) is 1.13.